The summed E-state index contributed by atoms with van der Waals surface area (Å²) in [5, 5.41) is 0. The normalized spacial score (nSPS) is 16.2. The quantitative estimate of drug-likeness (QED) is 0.772. The molecule has 1 aliphatic rings. The lowest BCUT2D eigenvalue weighted by Crippen LogP contribution is -2.24. The van der Waals surface area contributed by atoms with Gasteiger partial charge in [0, 0.05) is 16.2 Å². The van der Waals surface area contributed by atoms with Gasteiger partial charge >= 0.3 is 0 Å². The molecular formula is C12H16IN. The summed E-state index contributed by atoms with van der Waals surface area (Å²) >= 11 is 2.35. The third-order valence-corrected chi connectivity index (χ3v) is 3.49. The van der Waals surface area contributed by atoms with Crippen LogP contribution in [0, 0.1) is 3.57 Å². The van der Waals surface area contributed by atoms with Gasteiger partial charge in [-0.05, 0) is 59.7 Å². The molecule has 1 aliphatic carbocycles. The number of hydrogen-bond donors (Lipinski definition) is 0. The van der Waals surface area contributed by atoms with E-state index in [0.29, 0.717) is 0 Å². The average molecular weight is 301 g/mol. The Morgan fingerprint density at radius 1 is 1.29 bits per heavy atom. The second kappa shape index (κ2) is 4.62. The Labute approximate surface area is 99.6 Å². The van der Waals surface area contributed by atoms with Crippen LogP contribution in [0.25, 0.3) is 0 Å². The highest BCUT2D eigenvalue weighted by molar-refractivity contribution is 14.1. The van der Waals surface area contributed by atoms with Gasteiger partial charge in [-0.1, -0.05) is 19.1 Å². The molecule has 2 rings (SSSR count). The largest absolute Gasteiger partial charge is 0.296 e. The van der Waals surface area contributed by atoms with Crippen molar-refractivity contribution >= 4 is 22.6 Å². The van der Waals surface area contributed by atoms with Crippen LogP contribution in [-0.2, 0) is 6.54 Å². The number of halogens is 1. The summed E-state index contributed by atoms with van der Waals surface area (Å²) in [5.74, 6) is 0. The lowest BCUT2D eigenvalue weighted by atomic mass is 10.2. The molecule has 0 amide bonds. The summed E-state index contributed by atoms with van der Waals surface area (Å²) in [6, 6.07) is 9.74. The fourth-order valence-electron chi connectivity index (χ4n) is 1.76. The highest BCUT2D eigenvalue weighted by atomic mass is 127. The Morgan fingerprint density at radius 2 is 1.93 bits per heavy atom. The van der Waals surface area contributed by atoms with Gasteiger partial charge in [0.2, 0.25) is 0 Å². The predicted molar refractivity (Wildman–Crippen MR) is 68.3 cm³/mol. The number of rotatable bonds is 4. The SMILES string of the molecule is CCN(Cc1ccc(I)cc1)C1CC1. The van der Waals surface area contributed by atoms with Crippen LogP contribution in [0.3, 0.4) is 0 Å². The second-order valence-electron chi connectivity index (χ2n) is 3.92. The van der Waals surface area contributed by atoms with Crippen LogP contribution in [-0.4, -0.2) is 17.5 Å². The van der Waals surface area contributed by atoms with Crippen LogP contribution in [0.2, 0.25) is 0 Å². The van der Waals surface area contributed by atoms with E-state index in [2.05, 4.69) is 58.7 Å². The fourth-order valence-corrected chi connectivity index (χ4v) is 2.12. The Balaban J connectivity index is 1.98. The van der Waals surface area contributed by atoms with Gasteiger partial charge < -0.3 is 0 Å². The molecular weight excluding hydrogens is 285 g/mol. The van der Waals surface area contributed by atoms with Crippen molar-refractivity contribution < 1.29 is 0 Å². The van der Waals surface area contributed by atoms with Crippen LogP contribution >= 0.6 is 22.6 Å². The van der Waals surface area contributed by atoms with Gasteiger partial charge in [0.1, 0.15) is 0 Å². The van der Waals surface area contributed by atoms with E-state index in [1.165, 1.54) is 28.5 Å². The maximum Gasteiger partial charge on any atom is 0.0236 e. The first-order valence-electron chi connectivity index (χ1n) is 5.28. The zero-order valence-corrected chi connectivity index (χ0v) is 10.7. The van der Waals surface area contributed by atoms with E-state index in [1.807, 2.05) is 0 Å². The Hall–Kier alpha value is -0.0900. The molecule has 1 fully saturated rings. The van der Waals surface area contributed by atoms with Crippen molar-refractivity contribution in [2.24, 2.45) is 0 Å². The maximum atomic E-state index is 2.57. The molecule has 1 aromatic rings. The van der Waals surface area contributed by atoms with Gasteiger partial charge in [-0.25, -0.2) is 0 Å². The third kappa shape index (κ3) is 2.70. The summed E-state index contributed by atoms with van der Waals surface area (Å²) in [7, 11) is 0. The molecule has 76 valence electrons. The molecule has 0 aliphatic heterocycles. The Kier molecular flexibility index (Phi) is 3.44. The van der Waals surface area contributed by atoms with Crippen LogP contribution in [0.4, 0.5) is 0 Å². The number of nitrogens with zero attached hydrogens (tertiary/aromatic N) is 1. The van der Waals surface area contributed by atoms with E-state index in [0.717, 1.165) is 12.6 Å². The molecule has 14 heavy (non-hydrogen) atoms. The lowest BCUT2D eigenvalue weighted by Gasteiger charge is -2.19. The van der Waals surface area contributed by atoms with Crippen molar-refractivity contribution in [1.29, 1.82) is 0 Å². The molecule has 0 spiro atoms. The second-order valence-corrected chi connectivity index (χ2v) is 5.17. The minimum Gasteiger partial charge on any atom is -0.296 e. The van der Waals surface area contributed by atoms with Gasteiger partial charge in [0.15, 0.2) is 0 Å². The minimum absolute atomic E-state index is 0.874. The highest BCUT2D eigenvalue weighted by Crippen LogP contribution is 2.27. The molecule has 1 saturated carbocycles. The van der Waals surface area contributed by atoms with Gasteiger partial charge in [0.05, 0.1) is 0 Å². The van der Waals surface area contributed by atoms with Crippen LogP contribution in [0.15, 0.2) is 24.3 Å². The first kappa shape index (κ1) is 10.4. The van der Waals surface area contributed by atoms with Crippen molar-refractivity contribution in [2.45, 2.75) is 32.4 Å². The first-order valence-corrected chi connectivity index (χ1v) is 6.36. The molecule has 0 bridgehead atoms. The molecule has 0 radical (unpaired) electrons. The summed E-state index contributed by atoms with van der Waals surface area (Å²) in [4.78, 5) is 2.57. The molecule has 0 N–H and O–H groups in total. The smallest absolute Gasteiger partial charge is 0.0236 e. The Bertz CT molecular complexity index is 290. The van der Waals surface area contributed by atoms with Gasteiger partial charge in [0.25, 0.3) is 0 Å². The van der Waals surface area contributed by atoms with Gasteiger partial charge in [-0.3, -0.25) is 4.90 Å². The van der Waals surface area contributed by atoms with E-state index in [1.54, 1.807) is 0 Å². The van der Waals surface area contributed by atoms with E-state index in [9.17, 15) is 0 Å². The lowest BCUT2D eigenvalue weighted by molar-refractivity contribution is 0.269. The zero-order valence-electron chi connectivity index (χ0n) is 8.54. The molecule has 0 heterocycles. The van der Waals surface area contributed by atoms with Gasteiger partial charge in [-0.15, -0.1) is 0 Å². The van der Waals surface area contributed by atoms with Crippen molar-refractivity contribution in [3.05, 3.63) is 33.4 Å². The number of benzene rings is 1. The predicted octanol–water partition coefficient (Wildman–Crippen LogP) is 3.28. The standard InChI is InChI=1S/C12H16IN/c1-2-14(12-7-8-12)9-10-3-5-11(13)6-4-10/h3-6,12H,2,7-9H2,1H3. The van der Waals surface area contributed by atoms with Crippen LogP contribution in [0.1, 0.15) is 25.3 Å². The fraction of sp³-hybridized carbons (Fsp3) is 0.500. The van der Waals surface area contributed by atoms with Crippen molar-refractivity contribution in [2.75, 3.05) is 6.54 Å². The maximum absolute atomic E-state index is 2.57. The first-order chi connectivity index (χ1) is 6.79. The molecule has 0 saturated heterocycles. The summed E-state index contributed by atoms with van der Waals surface area (Å²) < 4.78 is 1.32. The molecule has 0 atom stereocenters. The number of hydrogen-bond acceptors (Lipinski definition) is 1. The molecule has 2 heteroatoms. The highest BCUT2D eigenvalue weighted by Gasteiger charge is 2.27. The Morgan fingerprint density at radius 3 is 2.43 bits per heavy atom. The molecule has 0 aromatic heterocycles. The summed E-state index contributed by atoms with van der Waals surface area (Å²) in [6.07, 6.45) is 2.80. The topological polar surface area (TPSA) is 3.24 Å². The molecule has 0 unspecified atom stereocenters. The van der Waals surface area contributed by atoms with Crippen molar-refractivity contribution in [3.8, 4) is 0 Å². The van der Waals surface area contributed by atoms with Gasteiger partial charge in [-0.2, -0.15) is 0 Å². The zero-order chi connectivity index (χ0) is 9.97. The summed E-state index contributed by atoms with van der Waals surface area (Å²) in [6.45, 7) is 4.56. The van der Waals surface area contributed by atoms with Crippen LogP contribution < -0.4 is 0 Å². The van der Waals surface area contributed by atoms with Crippen molar-refractivity contribution in [3.63, 3.8) is 0 Å². The summed E-state index contributed by atoms with van der Waals surface area (Å²) in [5.41, 5.74) is 1.44. The van der Waals surface area contributed by atoms with Crippen LogP contribution in [0.5, 0.6) is 0 Å². The van der Waals surface area contributed by atoms with E-state index in [-0.39, 0.29) is 0 Å². The van der Waals surface area contributed by atoms with E-state index >= 15 is 0 Å². The van der Waals surface area contributed by atoms with Crippen molar-refractivity contribution in [1.82, 2.24) is 4.90 Å². The van der Waals surface area contributed by atoms with E-state index in [4.69, 9.17) is 0 Å². The minimum atomic E-state index is 0.874. The average Bonchev–Trinajstić information content (AvgIpc) is 3.01. The third-order valence-electron chi connectivity index (χ3n) is 2.77. The molecule has 1 aromatic carbocycles. The molecule has 1 nitrogen and oxygen atoms in total. The van der Waals surface area contributed by atoms with E-state index < -0.39 is 0 Å². The monoisotopic (exact) mass is 301 g/mol.